The van der Waals surface area contributed by atoms with E-state index in [0.717, 1.165) is 10.0 Å². The third-order valence-electron chi connectivity index (χ3n) is 1.94. The van der Waals surface area contributed by atoms with Gasteiger partial charge in [0.1, 0.15) is 0 Å². The number of methoxy groups -OCH3 is 1. The molecule has 1 aromatic carbocycles. The Morgan fingerprint density at radius 2 is 2.15 bits per heavy atom. The molecule has 1 rings (SSSR count). The third kappa shape index (κ3) is 1.78. The van der Waals surface area contributed by atoms with Gasteiger partial charge in [-0.15, -0.1) is 0 Å². The number of hydrogen-bond donors (Lipinski definition) is 2. The lowest BCUT2D eigenvalue weighted by molar-refractivity contribution is 0.269. The topological polar surface area (TPSA) is 49.7 Å². The molecule has 72 valence electrons. The summed E-state index contributed by atoms with van der Waals surface area (Å²) in [4.78, 5) is 0. The van der Waals surface area contributed by atoms with Crippen molar-refractivity contribution in [3.63, 3.8) is 0 Å². The van der Waals surface area contributed by atoms with Gasteiger partial charge in [-0.3, -0.25) is 0 Å². The number of phenolic OH excluding ortho intramolecular Hbond substituents is 1. The molecule has 4 heteroatoms. The van der Waals surface area contributed by atoms with Crippen molar-refractivity contribution >= 4 is 15.9 Å². The van der Waals surface area contributed by atoms with Crippen molar-refractivity contribution < 1.29 is 14.9 Å². The molecule has 0 aliphatic rings. The fraction of sp³-hybridized carbons (Fsp3) is 0.333. The molecule has 0 aliphatic heterocycles. The van der Waals surface area contributed by atoms with Crippen molar-refractivity contribution in [3.8, 4) is 11.5 Å². The first-order valence-corrected chi connectivity index (χ1v) is 4.57. The van der Waals surface area contributed by atoms with E-state index in [1.54, 1.807) is 6.07 Å². The zero-order valence-corrected chi connectivity index (χ0v) is 9.05. The van der Waals surface area contributed by atoms with Gasteiger partial charge >= 0.3 is 0 Å². The molecule has 0 radical (unpaired) electrons. The van der Waals surface area contributed by atoms with Crippen LogP contribution in [0.15, 0.2) is 10.5 Å². The van der Waals surface area contributed by atoms with E-state index >= 15 is 0 Å². The summed E-state index contributed by atoms with van der Waals surface area (Å²) in [6.07, 6.45) is 0. The van der Waals surface area contributed by atoms with Gasteiger partial charge in [-0.1, -0.05) is 15.9 Å². The van der Waals surface area contributed by atoms with E-state index in [4.69, 9.17) is 9.84 Å². The lowest BCUT2D eigenvalue weighted by Gasteiger charge is -2.12. The molecule has 0 aromatic heterocycles. The fourth-order valence-electron chi connectivity index (χ4n) is 1.18. The van der Waals surface area contributed by atoms with Crippen molar-refractivity contribution in [3.05, 3.63) is 21.7 Å². The van der Waals surface area contributed by atoms with Gasteiger partial charge in [-0.25, -0.2) is 0 Å². The first-order valence-electron chi connectivity index (χ1n) is 3.77. The van der Waals surface area contributed by atoms with Crippen LogP contribution in [0.4, 0.5) is 0 Å². The average Bonchev–Trinajstić information content (AvgIpc) is 2.10. The molecule has 0 saturated carbocycles. The molecular formula is C9H11BrO3. The molecule has 1 aromatic rings. The van der Waals surface area contributed by atoms with Crippen LogP contribution >= 0.6 is 15.9 Å². The Labute approximate surface area is 85.1 Å². The van der Waals surface area contributed by atoms with Crippen LogP contribution in [0, 0.1) is 6.92 Å². The number of rotatable bonds is 2. The van der Waals surface area contributed by atoms with E-state index in [1.165, 1.54) is 7.11 Å². The maximum Gasteiger partial charge on any atom is 0.166 e. The van der Waals surface area contributed by atoms with Gasteiger partial charge in [-0.05, 0) is 18.6 Å². The van der Waals surface area contributed by atoms with E-state index in [2.05, 4.69) is 15.9 Å². The van der Waals surface area contributed by atoms with Gasteiger partial charge in [-0.2, -0.15) is 0 Å². The highest BCUT2D eigenvalue weighted by atomic mass is 79.9. The molecule has 13 heavy (non-hydrogen) atoms. The van der Waals surface area contributed by atoms with Crippen molar-refractivity contribution in [1.29, 1.82) is 0 Å². The smallest absolute Gasteiger partial charge is 0.166 e. The van der Waals surface area contributed by atoms with Crippen LogP contribution in [-0.4, -0.2) is 17.3 Å². The number of hydrogen-bond acceptors (Lipinski definition) is 3. The number of phenols is 1. The standard InChI is InChI=1S/C9H11BrO3/c1-5-6(4-11)9(13-2)8(12)3-7(5)10/h3,11-12H,4H2,1-2H3. The summed E-state index contributed by atoms with van der Waals surface area (Å²) < 4.78 is 5.73. The lowest BCUT2D eigenvalue weighted by atomic mass is 10.1. The predicted molar refractivity (Wildman–Crippen MR) is 53.0 cm³/mol. The van der Waals surface area contributed by atoms with E-state index < -0.39 is 0 Å². The summed E-state index contributed by atoms with van der Waals surface area (Å²) in [5.41, 5.74) is 1.48. The summed E-state index contributed by atoms with van der Waals surface area (Å²) in [7, 11) is 1.46. The number of aliphatic hydroxyl groups excluding tert-OH is 1. The highest BCUT2D eigenvalue weighted by molar-refractivity contribution is 9.10. The Kier molecular flexibility index (Phi) is 3.17. The van der Waals surface area contributed by atoms with E-state index in [1.807, 2.05) is 6.92 Å². The molecule has 0 heterocycles. The van der Waals surface area contributed by atoms with Gasteiger partial charge in [0, 0.05) is 10.0 Å². The maximum absolute atomic E-state index is 9.46. The number of aromatic hydroxyl groups is 1. The summed E-state index contributed by atoms with van der Waals surface area (Å²) in [5.74, 6) is 0.368. The minimum absolute atomic E-state index is 0.0315. The Bertz CT molecular complexity index is 323. The van der Waals surface area contributed by atoms with E-state index in [9.17, 15) is 5.11 Å². The minimum atomic E-state index is -0.151. The normalized spacial score (nSPS) is 10.2. The van der Waals surface area contributed by atoms with Crippen molar-refractivity contribution in [2.75, 3.05) is 7.11 Å². The molecule has 0 bridgehead atoms. The molecule has 0 spiro atoms. The largest absolute Gasteiger partial charge is 0.504 e. The second kappa shape index (κ2) is 3.98. The Balaban J connectivity index is 3.41. The number of benzene rings is 1. The summed E-state index contributed by atoms with van der Waals surface area (Å²) in [6, 6.07) is 1.55. The van der Waals surface area contributed by atoms with Crippen LogP contribution in [0.1, 0.15) is 11.1 Å². The first kappa shape index (κ1) is 10.3. The quantitative estimate of drug-likeness (QED) is 0.839. The van der Waals surface area contributed by atoms with E-state index in [0.29, 0.717) is 11.3 Å². The molecular weight excluding hydrogens is 236 g/mol. The predicted octanol–water partition coefficient (Wildman–Crippen LogP) is 1.96. The second-order valence-electron chi connectivity index (χ2n) is 2.67. The first-order chi connectivity index (χ1) is 6.11. The Morgan fingerprint density at radius 1 is 1.54 bits per heavy atom. The van der Waals surface area contributed by atoms with Crippen molar-refractivity contribution in [1.82, 2.24) is 0 Å². The average molecular weight is 247 g/mol. The van der Waals surface area contributed by atoms with Gasteiger partial charge < -0.3 is 14.9 Å². The van der Waals surface area contributed by atoms with Crippen LogP contribution in [0.3, 0.4) is 0 Å². The molecule has 0 atom stereocenters. The van der Waals surface area contributed by atoms with Gasteiger partial charge in [0.25, 0.3) is 0 Å². The Hall–Kier alpha value is -0.740. The third-order valence-corrected chi connectivity index (χ3v) is 2.77. The van der Waals surface area contributed by atoms with Crippen LogP contribution in [0.25, 0.3) is 0 Å². The molecule has 0 amide bonds. The van der Waals surface area contributed by atoms with Crippen molar-refractivity contribution in [2.45, 2.75) is 13.5 Å². The highest BCUT2D eigenvalue weighted by Crippen LogP contribution is 2.36. The van der Waals surface area contributed by atoms with Crippen LogP contribution in [-0.2, 0) is 6.61 Å². The number of ether oxygens (including phenoxy) is 1. The molecule has 0 aliphatic carbocycles. The maximum atomic E-state index is 9.46. The van der Waals surface area contributed by atoms with Crippen LogP contribution < -0.4 is 4.74 Å². The number of aliphatic hydroxyl groups is 1. The zero-order chi connectivity index (χ0) is 10.0. The van der Waals surface area contributed by atoms with Gasteiger partial charge in [0.05, 0.1) is 13.7 Å². The second-order valence-corrected chi connectivity index (χ2v) is 3.53. The fourth-order valence-corrected chi connectivity index (χ4v) is 1.64. The van der Waals surface area contributed by atoms with Crippen LogP contribution in [0.5, 0.6) is 11.5 Å². The van der Waals surface area contributed by atoms with Crippen molar-refractivity contribution in [2.24, 2.45) is 0 Å². The van der Waals surface area contributed by atoms with Gasteiger partial charge in [0.15, 0.2) is 11.5 Å². The molecule has 0 fully saturated rings. The summed E-state index contributed by atoms with van der Waals surface area (Å²) >= 11 is 3.27. The summed E-state index contributed by atoms with van der Waals surface area (Å²) in [5, 5.41) is 18.5. The molecule has 0 unspecified atom stereocenters. The highest BCUT2D eigenvalue weighted by Gasteiger charge is 2.13. The monoisotopic (exact) mass is 246 g/mol. The van der Waals surface area contributed by atoms with E-state index in [-0.39, 0.29) is 12.4 Å². The summed E-state index contributed by atoms with van der Waals surface area (Å²) in [6.45, 7) is 1.69. The molecule has 2 N–H and O–H groups in total. The van der Waals surface area contributed by atoms with Crippen LogP contribution in [0.2, 0.25) is 0 Å². The molecule has 0 saturated heterocycles. The Morgan fingerprint density at radius 3 is 2.62 bits per heavy atom. The molecule has 3 nitrogen and oxygen atoms in total. The minimum Gasteiger partial charge on any atom is -0.504 e. The lowest BCUT2D eigenvalue weighted by Crippen LogP contribution is -1.96. The van der Waals surface area contributed by atoms with Gasteiger partial charge in [0.2, 0.25) is 0 Å². The zero-order valence-electron chi connectivity index (χ0n) is 7.47. The SMILES string of the molecule is COc1c(O)cc(Br)c(C)c1CO. The number of halogens is 1.